The molecule has 3 aromatic heterocycles. The van der Waals surface area contributed by atoms with Crippen LogP contribution in [-0.4, -0.2) is 33.1 Å². The lowest BCUT2D eigenvalue weighted by Crippen LogP contribution is -2.18. The lowest BCUT2D eigenvalue weighted by molar-refractivity contribution is 0.462. The van der Waals surface area contributed by atoms with Crippen molar-refractivity contribution in [3.05, 3.63) is 90.9 Å². The summed E-state index contributed by atoms with van der Waals surface area (Å²) in [5.41, 5.74) is 14.4. The molecule has 0 amide bonds. The predicted octanol–water partition coefficient (Wildman–Crippen LogP) is 6.39. The Hall–Kier alpha value is -4.65. The third kappa shape index (κ3) is 4.76. The number of ether oxygens (including phenoxy) is 1. The van der Waals surface area contributed by atoms with Crippen LogP contribution in [0, 0.1) is 6.92 Å². The Morgan fingerprint density at radius 2 is 1.70 bits per heavy atom. The fraction of sp³-hybridized carbons (Fsp3) is 0.167. The van der Waals surface area contributed by atoms with E-state index in [1.165, 1.54) is 6.33 Å². The second-order valence-corrected chi connectivity index (χ2v) is 9.34. The van der Waals surface area contributed by atoms with Gasteiger partial charge in [-0.25, -0.2) is 15.0 Å². The van der Waals surface area contributed by atoms with E-state index in [4.69, 9.17) is 10.5 Å². The monoisotopic (exact) mass is 490 g/mol. The summed E-state index contributed by atoms with van der Waals surface area (Å²) in [4.78, 5) is 15.5. The molecule has 5 aromatic rings. The Kier molecular flexibility index (Phi) is 6.36. The van der Waals surface area contributed by atoms with Crippen molar-refractivity contribution in [2.45, 2.75) is 13.8 Å². The molecular weight excluding hydrogens is 460 g/mol. The molecule has 0 spiro atoms. The van der Waals surface area contributed by atoms with E-state index in [-0.39, 0.29) is 0 Å². The summed E-state index contributed by atoms with van der Waals surface area (Å²) >= 11 is 0. The van der Waals surface area contributed by atoms with Crippen LogP contribution in [0.2, 0.25) is 0 Å². The van der Waals surface area contributed by atoms with Crippen LogP contribution in [0.25, 0.3) is 33.4 Å². The van der Waals surface area contributed by atoms with Crippen LogP contribution < -0.4 is 15.4 Å². The van der Waals surface area contributed by atoms with Gasteiger partial charge >= 0.3 is 0 Å². The molecule has 0 aliphatic carbocycles. The SMILES string of the molecule is C=C(C)CN(C)c1ccc(-c2c(-c3ccc(Oc4cccc(C)n4)cc3)c3c(N)ncnc3n2C)cc1. The van der Waals surface area contributed by atoms with E-state index in [1.807, 2.05) is 63.4 Å². The molecule has 0 saturated carbocycles. The maximum Gasteiger partial charge on any atom is 0.219 e. The molecule has 186 valence electrons. The highest BCUT2D eigenvalue weighted by Crippen LogP contribution is 2.42. The van der Waals surface area contributed by atoms with Crippen molar-refractivity contribution in [2.24, 2.45) is 7.05 Å². The first-order valence-corrected chi connectivity index (χ1v) is 12.1. The van der Waals surface area contributed by atoms with Crippen LogP contribution >= 0.6 is 0 Å². The zero-order valence-corrected chi connectivity index (χ0v) is 21.6. The van der Waals surface area contributed by atoms with Gasteiger partial charge in [0.05, 0.1) is 11.1 Å². The van der Waals surface area contributed by atoms with Crippen LogP contribution in [0.15, 0.2) is 85.2 Å². The minimum absolute atomic E-state index is 0.448. The average Bonchev–Trinajstić information content (AvgIpc) is 3.18. The summed E-state index contributed by atoms with van der Waals surface area (Å²) in [5, 5.41) is 0.831. The second kappa shape index (κ2) is 9.78. The molecule has 7 nitrogen and oxygen atoms in total. The Morgan fingerprint density at radius 3 is 2.38 bits per heavy atom. The van der Waals surface area contributed by atoms with Gasteiger partial charge in [-0.05, 0) is 55.3 Å². The lowest BCUT2D eigenvalue weighted by atomic mass is 9.98. The molecule has 0 atom stereocenters. The summed E-state index contributed by atoms with van der Waals surface area (Å²) in [7, 11) is 4.08. The topological polar surface area (TPSA) is 82.1 Å². The van der Waals surface area contributed by atoms with E-state index in [1.54, 1.807) is 0 Å². The molecule has 2 aromatic carbocycles. The summed E-state index contributed by atoms with van der Waals surface area (Å²) in [5.74, 6) is 1.72. The average molecular weight is 491 g/mol. The van der Waals surface area contributed by atoms with Crippen molar-refractivity contribution < 1.29 is 4.74 Å². The molecule has 2 N–H and O–H groups in total. The van der Waals surface area contributed by atoms with E-state index in [2.05, 4.69) is 62.3 Å². The van der Waals surface area contributed by atoms with E-state index in [0.29, 0.717) is 17.4 Å². The minimum Gasteiger partial charge on any atom is -0.439 e. The number of nitrogens with zero attached hydrogens (tertiary/aromatic N) is 5. The number of fused-ring (bicyclic) bond motifs is 1. The molecule has 0 fully saturated rings. The first-order chi connectivity index (χ1) is 17.8. The van der Waals surface area contributed by atoms with Gasteiger partial charge in [0, 0.05) is 43.7 Å². The molecule has 0 saturated heterocycles. The van der Waals surface area contributed by atoms with Crippen molar-refractivity contribution in [1.82, 2.24) is 19.5 Å². The number of hydrogen-bond acceptors (Lipinski definition) is 6. The summed E-state index contributed by atoms with van der Waals surface area (Å²) < 4.78 is 8.05. The van der Waals surface area contributed by atoms with Crippen molar-refractivity contribution in [2.75, 3.05) is 24.2 Å². The number of nitrogen functional groups attached to an aromatic ring is 1. The van der Waals surface area contributed by atoms with Crippen molar-refractivity contribution in [3.63, 3.8) is 0 Å². The Labute approximate surface area is 216 Å². The molecule has 5 rings (SSSR count). The van der Waals surface area contributed by atoms with E-state index in [0.717, 1.165) is 56.9 Å². The van der Waals surface area contributed by atoms with Gasteiger partial charge in [0.15, 0.2) is 0 Å². The van der Waals surface area contributed by atoms with Gasteiger partial charge < -0.3 is 19.9 Å². The molecule has 7 heteroatoms. The highest BCUT2D eigenvalue weighted by atomic mass is 16.5. The number of anilines is 2. The van der Waals surface area contributed by atoms with Gasteiger partial charge in [0.2, 0.25) is 5.88 Å². The first-order valence-electron chi connectivity index (χ1n) is 12.1. The third-order valence-electron chi connectivity index (χ3n) is 6.31. The second-order valence-electron chi connectivity index (χ2n) is 9.34. The van der Waals surface area contributed by atoms with Crippen LogP contribution in [-0.2, 0) is 7.05 Å². The summed E-state index contributed by atoms with van der Waals surface area (Å²) in [6.07, 6.45) is 1.51. The molecule has 0 aliphatic rings. The standard InChI is InChI=1S/C30H30N6O/c1-19(2)17-35(4)23-13-9-22(10-14-23)28-26(27-29(31)32-18-33-30(27)36(28)5)21-11-15-24(16-12-21)37-25-8-6-7-20(3)34-25/h6-16,18H,1,17H2,2-5H3,(H2,31,32,33). The lowest BCUT2D eigenvalue weighted by Gasteiger charge is -2.20. The highest BCUT2D eigenvalue weighted by molar-refractivity contribution is 6.07. The third-order valence-corrected chi connectivity index (χ3v) is 6.31. The number of hydrogen-bond donors (Lipinski definition) is 1. The maximum atomic E-state index is 6.40. The summed E-state index contributed by atoms with van der Waals surface area (Å²) in [6, 6.07) is 22.2. The van der Waals surface area contributed by atoms with Crippen LogP contribution in [0.3, 0.4) is 0 Å². The van der Waals surface area contributed by atoms with Crippen LogP contribution in [0.1, 0.15) is 12.6 Å². The first kappa shape index (κ1) is 24.1. The summed E-state index contributed by atoms with van der Waals surface area (Å²) in [6.45, 7) is 8.80. The maximum absolute atomic E-state index is 6.40. The number of nitrogens with two attached hydrogens (primary N) is 1. The molecule has 0 aliphatic heterocycles. The highest BCUT2D eigenvalue weighted by Gasteiger charge is 2.22. The van der Waals surface area contributed by atoms with E-state index < -0.39 is 0 Å². The number of pyridine rings is 1. The van der Waals surface area contributed by atoms with Crippen molar-refractivity contribution >= 4 is 22.5 Å². The van der Waals surface area contributed by atoms with Crippen LogP contribution in [0.4, 0.5) is 11.5 Å². The van der Waals surface area contributed by atoms with E-state index >= 15 is 0 Å². The van der Waals surface area contributed by atoms with Crippen LogP contribution in [0.5, 0.6) is 11.6 Å². The van der Waals surface area contributed by atoms with Gasteiger partial charge in [-0.1, -0.05) is 42.5 Å². The minimum atomic E-state index is 0.448. The molecule has 0 unspecified atom stereocenters. The number of aromatic nitrogens is 4. The number of aryl methyl sites for hydroxylation is 2. The van der Waals surface area contributed by atoms with Crippen molar-refractivity contribution in [1.29, 1.82) is 0 Å². The number of benzene rings is 2. The fourth-order valence-electron chi connectivity index (χ4n) is 4.65. The zero-order valence-electron chi connectivity index (χ0n) is 21.6. The number of rotatable bonds is 7. The Bertz CT molecular complexity index is 1590. The number of likely N-dealkylation sites (N-methyl/N-ethyl adjacent to an activating group) is 1. The largest absolute Gasteiger partial charge is 0.439 e. The van der Waals surface area contributed by atoms with Gasteiger partial charge in [-0.3, -0.25) is 0 Å². The fourth-order valence-corrected chi connectivity index (χ4v) is 4.65. The Balaban J connectivity index is 1.58. The Morgan fingerprint density at radius 1 is 1.00 bits per heavy atom. The predicted molar refractivity (Wildman–Crippen MR) is 151 cm³/mol. The molecule has 3 heterocycles. The van der Waals surface area contributed by atoms with E-state index in [9.17, 15) is 0 Å². The van der Waals surface area contributed by atoms with Gasteiger partial charge in [-0.15, -0.1) is 0 Å². The van der Waals surface area contributed by atoms with Gasteiger partial charge in [-0.2, -0.15) is 0 Å². The quantitative estimate of drug-likeness (QED) is 0.266. The molecule has 0 radical (unpaired) electrons. The molecule has 37 heavy (non-hydrogen) atoms. The normalized spacial score (nSPS) is 11.0. The molecule has 0 bridgehead atoms. The van der Waals surface area contributed by atoms with Crippen molar-refractivity contribution in [3.8, 4) is 34.0 Å². The van der Waals surface area contributed by atoms with Gasteiger partial charge in [0.25, 0.3) is 0 Å². The zero-order chi connectivity index (χ0) is 26.1. The van der Waals surface area contributed by atoms with Gasteiger partial charge in [0.1, 0.15) is 23.5 Å². The smallest absolute Gasteiger partial charge is 0.219 e. The molecular formula is C30H30N6O.